The second-order valence-electron chi connectivity index (χ2n) is 4.30. The molecule has 0 aliphatic heterocycles. The smallest absolute Gasteiger partial charge is 0.394 e. The average molecular weight is 228 g/mol. The zero-order valence-electron chi connectivity index (χ0n) is 9.85. The summed E-state index contributed by atoms with van der Waals surface area (Å²) in [6.07, 6.45) is 1.03. The largest absolute Gasteiger partial charge is 0.476 e. The first-order chi connectivity index (χ1) is 7.33. The summed E-state index contributed by atoms with van der Waals surface area (Å²) >= 11 is 0. The van der Waals surface area contributed by atoms with Gasteiger partial charge in [0.2, 0.25) is 0 Å². The van der Waals surface area contributed by atoms with Gasteiger partial charge in [-0.05, 0) is 27.9 Å². The summed E-state index contributed by atoms with van der Waals surface area (Å²) in [6.45, 7) is 4.35. The van der Waals surface area contributed by atoms with Crippen molar-refractivity contribution in [2.45, 2.75) is 19.4 Å². The van der Waals surface area contributed by atoms with Crippen molar-refractivity contribution in [2.75, 3.05) is 20.7 Å². The Hall–Kier alpha value is -1.56. The summed E-state index contributed by atoms with van der Waals surface area (Å²) in [4.78, 5) is 16.2. The van der Waals surface area contributed by atoms with Crippen LogP contribution in [0.25, 0.3) is 0 Å². The van der Waals surface area contributed by atoms with E-state index in [2.05, 4.69) is 4.98 Å². The summed E-state index contributed by atoms with van der Waals surface area (Å²) in [5, 5.41) is 8.63. The summed E-state index contributed by atoms with van der Waals surface area (Å²) in [6, 6.07) is 0. The third-order valence-electron chi connectivity index (χ3n) is 2.46. The Morgan fingerprint density at radius 3 is 2.69 bits per heavy atom. The van der Waals surface area contributed by atoms with E-state index in [-0.39, 0.29) is 17.3 Å². The number of carboxylic acids is 1. The lowest BCUT2D eigenvalue weighted by Crippen LogP contribution is -2.43. The molecule has 1 N–H and O–H groups in total. The molecule has 1 aromatic rings. The minimum atomic E-state index is -1.13. The van der Waals surface area contributed by atoms with Crippen LogP contribution in [0.3, 0.4) is 0 Å². The number of oxazole rings is 1. The standard InChI is InChI=1S/C10H16N2O4/c1-10(2,12(3)4)6-16-9-11-7(5-15-9)8(13)14/h5H,6H2,1-4H3,(H,13,14). The Morgan fingerprint density at radius 1 is 1.62 bits per heavy atom. The van der Waals surface area contributed by atoms with E-state index in [0.29, 0.717) is 6.61 Å². The summed E-state index contributed by atoms with van der Waals surface area (Å²) < 4.78 is 10.1. The minimum Gasteiger partial charge on any atom is -0.476 e. The monoisotopic (exact) mass is 228 g/mol. The highest BCUT2D eigenvalue weighted by atomic mass is 16.6. The molecule has 0 atom stereocenters. The van der Waals surface area contributed by atoms with Gasteiger partial charge in [0.25, 0.3) is 0 Å². The van der Waals surface area contributed by atoms with Gasteiger partial charge in [0.05, 0.1) is 0 Å². The fourth-order valence-electron chi connectivity index (χ4n) is 0.789. The van der Waals surface area contributed by atoms with Crippen LogP contribution in [0.15, 0.2) is 10.7 Å². The van der Waals surface area contributed by atoms with Crippen LogP contribution >= 0.6 is 0 Å². The lowest BCUT2D eigenvalue weighted by molar-refractivity contribution is 0.0689. The fourth-order valence-corrected chi connectivity index (χ4v) is 0.789. The van der Waals surface area contributed by atoms with Gasteiger partial charge in [-0.2, -0.15) is 4.98 Å². The van der Waals surface area contributed by atoms with E-state index < -0.39 is 5.97 Å². The van der Waals surface area contributed by atoms with E-state index in [0.717, 1.165) is 6.26 Å². The Morgan fingerprint density at radius 2 is 2.25 bits per heavy atom. The van der Waals surface area contributed by atoms with Crippen LogP contribution in [0.2, 0.25) is 0 Å². The number of nitrogens with zero attached hydrogens (tertiary/aromatic N) is 2. The van der Waals surface area contributed by atoms with Crippen LogP contribution in [0.4, 0.5) is 0 Å². The van der Waals surface area contributed by atoms with Crippen LogP contribution < -0.4 is 4.74 Å². The van der Waals surface area contributed by atoms with E-state index in [9.17, 15) is 4.79 Å². The number of carboxylic acid groups (broad SMARTS) is 1. The van der Waals surface area contributed by atoms with Crippen LogP contribution in [0.1, 0.15) is 24.3 Å². The van der Waals surface area contributed by atoms with Crippen molar-refractivity contribution in [1.82, 2.24) is 9.88 Å². The first-order valence-corrected chi connectivity index (χ1v) is 4.82. The fraction of sp³-hybridized carbons (Fsp3) is 0.600. The molecule has 0 unspecified atom stereocenters. The Balaban J connectivity index is 2.58. The van der Waals surface area contributed by atoms with E-state index in [1.165, 1.54) is 0 Å². The average Bonchev–Trinajstić information content (AvgIpc) is 2.63. The van der Waals surface area contributed by atoms with Gasteiger partial charge in [-0.1, -0.05) is 0 Å². The van der Waals surface area contributed by atoms with Crippen LogP contribution in [0.5, 0.6) is 6.08 Å². The highest BCUT2D eigenvalue weighted by molar-refractivity contribution is 5.84. The summed E-state index contributed by atoms with van der Waals surface area (Å²) in [7, 11) is 3.86. The third-order valence-corrected chi connectivity index (χ3v) is 2.46. The Kier molecular flexibility index (Phi) is 3.54. The maximum absolute atomic E-state index is 10.5. The normalized spacial score (nSPS) is 11.8. The summed E-state index contributed by atoms with van der Waals surface area (Å²) in [5.74, 6) is -1.13. The molecule has 0 fully saturated rings. The van der Waals surface area contributed by atoms with Crippen molar-refractivity contribution < 1.29 is 19.1 Å². The molecule has 0 saturated heterocycles. The quantitative estimate of drug-likeness (QED) is 0.813. The number of ether oxygens (including phenoxy) is 1. The van der Waals surface area contributed by atoms with Crippen molar-refractivity contribution >= 4 is 5.97 Å². The zero-order valence-corrected chi connectivity index (χ0v) is 9.85. The van der Waals surface area contributed by atoms with Gasteiger partial charge in [0, 0.05) is 5.54 Å². The van der Waals surface area contributed by atoms with Crippen molar-refractivity contribution in [2.24, 2.45) is 0 Å². The maximum atomic E-state index is 10.5. The molecule has 16 heavy (non-hydrogen) atoms. The van der Waals surface area contributed by atoms with Crippen molar-refractivity contribution in [3.05, 3.63) is 12.0 Å². The second-order valence-corrected chi connectivity index (χ2v) is 4.30. The number of aromatic carboxylic acids is 1. The number of rotatable bonds is 5. The Bertz CT molecular complexity index is 371. The van der Waals surface area contributed by atoms with Crippen molar-refractivity contribution in [1.29, 1.82) is 0 Å². The molecule has 0 amide bonds. The topological polar surface area (TPSA) is 75.8 Å². The first kappa shape index (κ1) is 12.5. The molecule has 6 heteroatoms. The zero-order chi connectivity index (χ0) is 12.3. The number of hydrogen-bond acceptors (Lipinski definition) is 5. The molecule has 0 aliphatic rings. The van der Waals surface area contributed by atoms with Gasteiger partial charge in [-0.25, -0.2) is 4.79 Å². The maximum Gasteiger partial charge on any atom is 0.394 e. The number of likely N-dealkylation sites (N-methyl/N-ethyl adjacent to an activating group) is 1. The molecule has 1 aromatic heterocycles. The molecular weight excluding hydrogens is 212 g/mol. The van der Waals surface area contributed by atoms with Crippen LogP contribution in [0, 0.1) is 0 Å². The van der Waals surface area contributed by atoms with Crippen molar-refractivity contribution in [3.8, 4) is 6.08 Å². The first-order valence-electron chi connectivity index (χ1n) is 4.82. The summed E-state index contributed by atoms with van der Waals surface area (Å²) in [5.41, 5.74) is -0.338. The van der Waals surface area contributed by atoms with E-state index in [4.69, 9.17) is 14.3 Å². The van der Waals surface area contributed by atoms with Gasteiger partial charge in [0.15, 0.2) is 5.69 Å². The molecule has 0 spiro atoms. The third kappa shape index (κ3) is 2.96. The minimum absolute atomic E-state index is 0.0210. The molecule has 90 valence electrons. The lowest BCUT2D eigenvalue weighted by Gasteiger charge is -2.31. The molecule has 0 bridgehead atoms. The molecule has 0 radical (unpaired) electrons. The van der Waals surface area contributed by atoms with Gasteiger partial charge in [-0.15, -0.1) is 0 Å². The highest BCUT2D eigenvalue weighted by Gasteiger charge is 2.22. The number of hydrogen-bond donors (Lipinski definition) is 1. The molecule has 0 saturated carbocycles. The van der Waals surface area contributed by atoms with Crippen molar-refractivity contribution in [3.63, 3.8) is 0 Å². The molecular formula is C10H16N2O4. The lowest BCUT2D eigenvalue weighted by atomic mass is 10.1. The number of carbonyl (C=O) groups is 1. The molecule has 6 nitrogen and oxygen atoms in total. The molecule has 1 heterocycles. The number of aromatic nitrogens is 1. The predicted octanol–water partition coefficient (Wildman–Crippen LogP) is 1.09. The SMILES string of the molecule is CN(C)C(C)(C)COc1nc(C(=O)O)co1. The molecule has 1 rings (SSSR count). The van der Waals surface area contributed by atoms with E-state index >= 15 is 0 Å². The second kappa shape index (κ2) is 4.52. The van der Waals surface area contributed by atoms with Crippen LogP contribution in [-0.4, -0.2) is 47.2 Å². The van der Waals surface area contributed by atoms with Gasteiger partial charge in [-0.3, -0.25) is 0 Å². The van der Waals surface area contributed by atoms with E-state index in [1.807, 2.05) is 32.8 Å². The van der Waals surface area contributed by atoms with Gasteiger partial charge in [0.1, 0.15) is 12.9 Å². The van der Waals surface area contributed by atoms with Gasteiger partial charge >= 0.3 is 12.0 Å². The Labute approximate surface area is 93.8 Å². The predicted molar refractivity (Wildman–Crippen MR) is 56.7 cm³/mol. The molecule has 0 aliphatic carbocycles. The van der Waals surface area contributed by atoms with Gasteiger partial charge < -0.3 is 19.2 Å². The highest BCUT2D eigenvalue weighted by Crippen LogP contribution is 2.15. The van der Waals surface area contributed by atoms with Crippen LogP contribution in [-0.2, 0) is 0 Å². The van der Waals surface area contributed by atoms with E-state index in [1.54, 1.807) is 0 Å². The molecule has 0 aromatic carbocycles.